The number of halogens is 4. The summed E-state index contributed by atoms with van der Waals surface area (Å²) < 4.78 is 63.5. The van der Waals surface area contributed by atoms with Crippen molar-refractivity contribution in [3.05, 3.63) is 70.7 Å². The molecule has 1 saturated heterocycles. The predicted molar refractivity (Wildman–Crippen MR) is 132 cm³/mol. The van der Waals surface area contributed by atoms with Crippen LogP contribution in [0.2, 0.25) is 0 Å². The molecule has 1 aliphatic rings. The Bertz CT molecular complexity index is 1390. The molecule has 1 aliphatic heterocycles. The van der Waals surface area contributed by atoms with E-state index in [2.05, 4.69) is 4.74 Å². The number of hydrogen-bond donors (Lipinski definition) is 1. The molecular formula is C27H27F4N3O5. The summed E-state index contributed by atoms with van der Waals surface area (Å²) in [6, 6.07) is 8.97. The highest BCUT2D eigenvalue weighted by atomic mass is 19.4. The van der Waals surface area contributed by atoms with Crippen molar-refractivity contribution in [2.75, 3.05) is 26.8 Å². The van der Waals surface area contributed by atoms with Crippen LogP contribution in [0.25, 0.3) is 10.9 Å². The molecule has 0 radical (unpaired) electrons. The van der Waals surface area contributed by atoms with Gasteiger partial charge in [-0.2, -0.15) is 13.2 Å². The molecule has 0 atom stereocenters. The molecule has 2 heterocycles. The van der Waals surface area contributed by atoms with Crippen molar-refractivity contribution < 1.29 is 41.4 Å². The Kier molecular flexibility index (Phi) is 8.36. The smallest absolute Gasteiger partial charge is 0.383 e. The summed E-state index contributed by atoms with van der Waals surface area (Å²) in [4.78, 5) is 39.2. The number of methoxy groups -OCH3 is 1. The number of nitrogens with two attached hydrogens (primary N) is 1. The van der Waals surface area contributed by atoms with Gasteiger partial charge in [0.05, 0.1) is 17.7 Å². The normalized spacial score (nSPS) is 14.6. The molecule has 3 aromatic rings. The lowest BCUT2D eigenvalue weighted by Crippen LogP contribution is -2.38. The van der Waals surface area contributed by atoms with Crippen LogP contribution in [0.4, 0.5) is 17.6 Å². The fourth-order valence-corrected chi connectivity index (χ4v) is 4.85. The van der Waals surface area contributed by atoms with E-state index in [9.17, 15) is 31.9 Å². The van der Waals surface area contributed by atoms with E-state index in [1.165, 1.54) is 31.5 Å². The number of carbonyl (C=O) groups excluding carboxylic acids is 3. The van der Waals surface area contributed by atoms with Gasteiger partial charge in [0.1, 0.15) is 5.82 Å². The Morgan fingerprint density at radius 3 is 2.44 bits per heavy atom. The van der Waals surface area contributed by atoms with Crippen molar-refractivity contribution in [2.45, 2.75) is 38.0 Å². The number of aromatic nitrogens is 1. The minimum Gasteiger partial charge on any atom is -0.383 e. The number of alkyl halides is 3. The van der Waals surface area contributed by atoms with Crippen LogP contribution < -0.4 is 5.73 Å². The van der Waals surface area contributed by atoms with Gasteiger partial charge in [0, 0.05) is 50.4 Å². The van der Waals surface area contributed by atoms with Crippen LogP contribution in [-0.4, -0.2) is 60.3 Å². The van der Waals surface area contributed by atoms with E-state index in [-0.39, 0.29) is 41.4 Å². The molecule has 1 amide bonds. The number of nitrogens with zero attached hydrogens (tertiary/aromatic N) is 2. The zero-order valence-electron chi connectivity index (χ0n) is 21.1. The molecule has 0 unspecified atom stereocenters. The molecule has 0 saturated carbocycles. The lowest BCUT2D eigenvalue weighted by molar-refractivity contribution is -0.193. The van der Waals surface area contributed by atoms with Crippen LogP contribution in [0.1, 0.15) is 50.6 Å². The summed E-state index contributed by atoms with van der Waals surface area (Å²) in [7, 11) is 1.49. The van der Waals surface area contributed by atoms with Crippen molar-refractivity contribution >= 4 is 28.7 Å². The number of hydrogen-bond acceptors (Lipinski definition) is 6. The monoisotopic (exact) mass is 549 g/mol. The summed E-state index contributed by atoms with van der Waals surface area (Å²) in [5.74, 6) is -5.08. The number of fused-ring (bicyclic) bond motifs is 1. The van der Waals surface area contributed by atoms with E-state index in [1.54, 1.807) is 27.7 Å². The third-order valence-corrected chi connectivity index (χ3v) is 6.83. The summed E-state index contributed by atoms with van der Waals surface area (Å²) >= 11 is 0. The van der Waals surface area contributed by atoms with Gasteiger partial charge in [0.25, 0.3) is 5.91 Å². The highest BCUT2D eigenvalue weighted by Gasteiger charge is 2.43. The first-order chi connectivity index (χ1) is 18.5. The molecule has 12 heteroatoms. The maximum Gasteiger partial charge on any atom is 0.491 e. The average Bonchev–Trinajstić information content (AvgIpc) is 3.30. The van der Waals surface area contributed by atoms with Crippen LogP contribution >= 0.6 is 0 Å². The molecule has 0 spiro atoms. The Morgan fingerprint density at radius 2 is 1.79 bits per heavy atom. The van der Waals surface area contributed by atoms with Crippen LogP contribution in [-0.2, 0) is 27.4 Å². The number of piperidine rings is 1. The average molecular weight is 550 g/mol. The summed E-state index contributed by atoms with van der Waals surface area (Å²) in [5, 5.41) is 0.0717. The Morgan fingerprint density at radius 1 is 1.08 bits per heavy atom. The van der Waals surface area contributed by atoms with E-state index in [1.807, 2.05) is 0 Å². The minimum absolute atomic E-state index is 0.0717. The van der Waals surface area contributed by atoms with Crippen LogP contribution in [0.3, 0.4) is 0 Å². The first-order valence-electron chi connectivity index (χ1n) is 12.3. The standard InChI is InChI=1S/C27H27F4N3O5/c1-38-12-11-34-15-20(23-18(3-2-4-22(23)34)25(36)39-26(37)27(29,30)31)24(35)33-9-7-17(8-10-33)19-13-16(14-32)5-6-21(19)28/h2-6,13,15,17H,7-12,14,32H2,1H3. The maximum atomic E-state index is 14.5. The number of amides is 1. The second-order valence-electron chi connectivity index (χ2n) is 9.23. The molecule has 2 aromatic carbocycles. The second-order valence-corrected chi connectivity index (χ2v) is 9.23. The first-order valence-corrected chi connectivity index (χ1v) is 12.3. The predicted octanol–water partition coefficient (Wildman–Crippen LogP) is 4.15. The molecule has 8 nitrogen and oxygen atoms in total. The van der Waals surface area contributed by atoms with Gasteiger partial charge in [-0.05, 0) is 48.1 Å². The third-order valence-electron chi connectivity index (χ3n) is 6.83. The number of rotatable bonds is 7. The van der Waals surface area contributed by atoms with Crippen LogP contribution in [0.5, 0.6) is 0 Å². The van der Waals surface area contributed by atoms with Crippen molar-refractivity contribution in [3.8, 4) is 0 Å². The molecule has 208 valence electrons. The van der Waals surface area contributed by atoms with E-state index in [0.29, 0.717) is 43.6 Å². The summed E-state index contributed by atoms with van der Waals surface area (Å²) in [5.41, 5.74) is 7.15. The van der Waals surface area contributed by atoms with Crippen molar-refractivity contribution in [3.63, 3.8) is 0 Å². The minimum atomic E-state index is -5.36. The van der Waals surface area contributed by atoms with Gasteiger partial charge in [0.15, 0.2) is 0 Å². The number of esters is 2. The highest BCUT2D eigenvalue weighted by molar-refractivity contribution is 6.15. The van der Waals surface area contributed by atoms with Crippen molar-refractivity contribution in [1.29, 1.82) is 0 Å². The SMILES string of the molecule is COCCn1cc(C(=O)N2CCC(c3cc(CN)ccc3F)CC2)c2c(C(=O)OC(=O)C(F)(F)F)cccc21. The molecular weight excluding hydrogens is 522 g/mol. The highest BCUT2D eigenvalue weighted by Crippen LogP contribution is 2.33. The molecule has 39 heavy (non-hydrogen) atoms. The molecule has 2 N–H and O–H groups in total. The number of ether oxygens (including phenoxy) is 2. The van der Waals surface area contributed by atoms with E-state index in [0.717, 1.165) is 5.56 Å². The molecule has 1 aromatic heterocycles. The Balaban J connectivity index is 1.64. The lowest BCUT2D eigenvalue weighted by atomic mass is 9.88. The van der Waals surface area contributed by atoms with Gasteiger partial charge in [0.2, 0.25) is 0 Å². The molecule has 1 fully saturated rings. The van der Waals surface area contributed by atoms with E-state index >= 15 is 0 Å². The largest absolute Gasteiger partial charge is 0.491 e. The molecule has 4 rings (SSSR count). The summed E-state index contributed by atoms with van der Waals surface area (Å²) in [6.45, 7) is 1.41. The van der Waals surface area contributed by atoms with Gasteiger partial charge in [-0.15, -0.1) is 0 Å². The van der Waals surface area contributed by atoms with Gasteiger partial charge in [-0.25, -0.2) is 14.0 Å². The third kappa shape index (κ3) is 5.96. The number of benzene rings is 2. The van der Waals surface area contributed by atoms with Crippen LogP contribution in [0.15, 0.2) is 42.6 Å². The van der Waals surface area contributed by atoms with Crippen molar-refractivity contribution in [1.82, 2.24) is 9.47 Å². The fraction of sp³-hybridized carbons (Fsp3) is 0.370. The fourth-order valence-electron chi connectivity index (χ4n) is 4.85. The summed E-state index contributed by atoms with van der Waals surface area (Å²) in [6.07, 6.45) is -2.90. The number of likely N-dealkylation sites (tertiary alicyclic amines) is 1. The van der Waals surface area contributed by atoms with Gasteiger partial charge < -0.3 is 24.7 Å². The zero-order chi connectivity index (χ0) is 28.3. The van der Waals surface area contributed by atoms with Gasteiger partial charge in [-0.1, -0.05) is 18.2 Å². The van der Waals surface area contributed by atoms with Gasteiger partial charge >= 0.3 is 18.1 Å². The first kappa shape index (κ1) is 28.2. The number of carbonyl (C=O) groups is 3. The van der Waals surface area contributed by atoms with Gasteiger partial charge in [-0.3, -0.25) is 4.79 Å². The topological polar surface area (TPSA) is 104 Å². The quantitative estimate of drug-likeness (QED) is 0.270. The van der Waals surface area contributed by atoms with E-state index in [4.69, 9.17) is 10.5 Å². The Labute approximate surface area is 221 Å². The maximum absolute atomic E-state index is 14.5. The second kappa shape index (κ2) is 11.5. The molecule has 0 bridgehead atoms. The van der Waals surface area contributed by atoms with E-state index < -0.39 is 24.0 Å². The zero-order valence-corrected chi connectivity index (χ0v) is 21.1. The van der Waals surface area contributed by atoms with Crippen molar-refractivity contribution in [2.24, 2.45) is 5.73 Å². The van der Waals surface area contributed by atoms with Crippen LogP contribution in [0, 0.1) is 5.82 Å². The molecule has 0 aliphatic carbocycles. The Hall–Kier alpha value is -3.77. The lowest BCUT2D eigenvalue weighted by Gasteiger charge is -2.32.